The topological polar surface area (TPSA) is 24.9 Å². The summed E-state index contributed by atoms with van der Waals surface area (Å²) in [5.41, 5.74) is 2.46. The molecule has 3 rings (SSSR count). The van der Waals surface area contributed by atoms with Gasteiger partial charge in [-0.05, 0) is 36.2 Å². The number of hydrogen-bond donors (Lipinski definition) is 1. The molecule has 0 saturated carbocycles. The molecule has 1 aromatic heterocycles. The number of alkyl halides is 3. The van der Waals surface area contributed by atoms with Gasteiger partial charge in [-0.25, -0.2) is 0 Å². The highest BCUT2D eigenvalue weighted by Gasteiger charge is 2.30. The van der Waals surface area contributed by atoms with E-state index in [9.17, 15) is 13.2 Å². The zero-order valence-corrected chi connectivity index (χ0v) is 12.5. The highest BCUT2D eigenvalue weighted by molar-refractivity contribution is 5.93. The van der Waals surface area contributed by atoms with Crippen LogP contribution in [0.25, 0.3) is 10.9 Å². The van der Waals surface area contributed by atoms with Crippen LogP contribution in [0.15, 0.2) is 54.7 Å². The molecular formula is C18H15F3N2. The quantitative estimate of drug-likeness (QED) is 0.684. The van der Waals surface area contributed by atoms with Gasteiger partial charge in [-0.15, -0.1) is 0 Å². The van der Waals surface area contributed by atoms with E-state index in [4.69, 9.17) is 0 Å². The lowest BCUT2D eigenvalue weighted by Crippen LogP contribution is -2.05. The van der Waals surface area contributed by atoms with Crippen molar-refractivity contribution < 1.29 is 13.2 Å². The molecular weight excluding hydrogens is 301 g/mol. The average molecular weight is 316 g/mol. The Morgan fingerprint density at radius 1 is 1.00 bits per heavy atom. The van der Waals surface area contributed by atoms with Gasteiger partial charge in [-0.2, -0.15) is 13.2 Å². The highest BCUT2D eigenvalue weighted by atomic mass is 19.4. The molecule has 23 heavy (non-hydrogen) atoms. The first kappa shape index (κ1) is 15.3. The van der Waals surface area contributed by atoms with E-state index in [-0.39, 0.29) is 0 Å². The smallest absolute Gasteiger partial charge is 0.355 e. The Morgan fingerprint density at radius 3 is 2.52 bits per heavy atom. The zero-order chi connectivity index (χ0) is 16.4. The van der Waals surface area contributed by atoms with E-state index in [1.165, 1.54) is 12.3 Å². The van der Waals surface area contributed by atoms with Gasteiger partial charge in [-0.3, -0.25) is 4.98 Å². The average Bonchev–Trinajstić information content (AvgIpc) is 2.54. The van der Waals surface area contributed by atoms with Crippen LogP contribution in [0.1, 0.15) is 18.1 Å². The third kappa shape index (κ3) is 3.13. The van der Waals surface area contributed by atoms with Crippen LogP contribution in [-0.4, -0.2) is 4.98 Å². The molecule has 3 aromatic rings. The van der Waals surface area contributed by atoms with E-state index >= 15 is 0 Å². The lowest BCUT2D eigenvalue weighted by Gasteiger charge is -2.14. The van der Waals surface area contributed by atoms with Crippen LogP contribution in [0.5, 0.6) is 0 Å². The fourth-order valence-electron chi connectivity index (χ4n) is 2.53. The molecule has 0 atom stereocenters. The number of pyridine rings is 1. The Kier molecular flexibility index (Phi) is 3.94. The van der Waals surface area contributed by atoms with Crippen LogP contribution >= 0.6 is 0 Å². The lowest BCUT2D eigenvalue weighted by molar-refractivity contribution is -0.137. The molecule has 0 unspecified atom stereocenters. The van der Waals surface area contributed by atoms with Crippen molar-refractivity contribution in [2.45, 2.75) is 19.5 Å². The van der Waals surface area contributed by atoms with Gasteiger partial charge in [0.1, 0.15) is 0 Å². The van der Waals surface area contributed by atoms with E-state index in [1.54, 1.807) is 6.07 Å². The minimum Gasteiger partial charge on any atom is -0.355 e. The molecule has 0 aliphatic carbocycles. The van der Waals surface area contributed by atoms with Gasteiger partial charge in [0.25, 0.3) is 0 Å². The van der Waals surface area contributed by atoms with E-state index < -0.39 is 11.7 Å². The van der Waals surface area contributed by atoms with Crippen molar-refractivity contribution in [3.8, 4) is 0 Å². The standard InChI is InChI=1S/C18H15F3N2/c1-2-12-5-3-4-6-15(12)23-16-9-10-22-17-11-13(18(19,20)21)7-8-14(16)17/h3-11H,2H2,1H3,(H,22,23). The molecule has 0 amide bonds. The number of anilines is 2. The second-order valence-corrected chi connectivity index (χ2v) is 5.22. The third-order valence-corrected chi connectivity index (χ3v) is 3.74. The number of rotatable bonds is 3. The molecule has 0 spiro atoms. The minimum absolute atomic E-state index is 0.318. The van der Waals surface area contributed by atoms with Gasteiger partial charge in [0.05, 0.1) is 11.1 Å². The van der Waals surface area contributed by atoms with Crippen LogP contribution in [0.2, 0.25) is 0 Å². The molecule has 5 heteroatoms. The van der Waals surface area contributed by atoms with Crippen LogP contribution < -0.4 is 5.32 Å². The summed E-state index contributed by atoms with van der Waals surface area (Å²) in [7, 11) is 0. The molecule has 118 valence electrons. The molecule has 0 fully saturated rings. The number of halogens is 3. The number of nitrogens with zero attached hydrogens (tertiary/aromatic N) is 1. The second-order valence-electron chi connectivity index (χ2n) is 5.22. The molecule has 2 nitrogen and oxygen atoms in total. The zero-order valence-electron chi connectivity index (χ0n) is 12.5. The van der Waals surface area contributed by atoms with E-state index in [0.717, 1.165) is 35.5 Å². The molecule has 0 aliphatic heterocycles. The molecule has 1 N–H and O–H groups in total. The second kappa shape index (κ2) is 5.91. The number of hydrogen-bond acceptors (Lipinski definition) is 2. The summed E-state index contributed by atoms with van der Waals surface area (Å²) >= 11 is 0. The lowest BCUT2D eigenvalue weighted by atomic mass is 10.1. The maximum Gasteiger partial charge on any atom is 0.416 e. The monoisotopic (exact) mass is 316 g/mol. The molecule has 0 aliphatic rings. The molecule has 0 bridgehead atoms. The summed E-state index contributed by atoms with van der Waals surface area (Å²) in [4.78, 5) is 4.06. The van der Waals surface area contributed by atoms with Gasteiger partial charge in [0, 0.05) is 23.0 Å². The van der Waals surface area contributed by atoms with Crippen molar-refractivity contribution in [3.05, 3.63) is 65.9 Å². The van der Waals surface area contributed by atoms with E-state index in [0.29, 0.717) is 10.9 Å². The predicted octanol–water partition coefficient (Wildman–Crippen LogP) is 5.56. The number of nitrogens with one attached hydrogen (secondary N) is 1. The first-order valence-corrected chi connectivity index (χ1v) is 7.30. The molecule has 0 saturated heterocycles. The molecule has 2 aromatic carbocycles. The van der Waals surface area contributed by atoms with Gasteiger partial charge >= 0.3 is 6.18 Å². The van der Waals surface area contributed by atoms with Crippen molar-refractivity contribution in [1.82, 2.24) is 4.98 Å². The Hall–Kier alpha value is -2.56. The van der Waals surface area contributed by atoms with Gasteiger partial charge in [-0.1, -0.05) is 31.2 Å². The number of para-hydroxylation sites is 1. The number of fused-ring (bicyclic) bond motifs is 1. The fraction of sp³-hybridized carbons (Fsp3) is 0.167. The van der Waals surface area contributed by atoms with Crippen molar-refractivity contribution in [2.24, 2.45) is 0 Å². The van der Waals surface area contributed by atoms with Crippen molar-refractivity contribution >= 4 is 22.3 Å². The first-order chi connectivity index (χ1) is 11.0. The maximum absolute atomic E-state index is 12.8. The van der Waals surface area contributed by atoms with Gasteiger partial charge < -0.3 is 5.32 Å². The minimum atomic E-state index is -4.37. The summed E-state index contributed by atoms with van der Waals surface area (Å²) in [6.45, 7) is 2.06. The fourth-order valence-corrected chi connectivity index (χ4v) is 2.53. The Labute approximate surface area is 132 Å². The van der Waals surface area contributed by atoms with Crippen LogP contribution in [0, 0.1) is 0 Å². The summed E-state index contributed by atoms with van der Waals surface area (Å²) < 4.78 is 38.5. The van der Waals surface area contributed by atoms with Gasteiger partial charge in [0.15, 0.2) is 0 Å². The van der Waals surface area contributed by atoms with Crippen molar-refractivity contribution in [1.29, 1.82) is 0 Å². The van der Waals surface area contributed by atoms with Crippen LogP contribution in [-0.2, 0) is 12.6 Å². The Bertz CT molecular complexity index is 841. The van der Waals surface area contributed by atoms with E-state index in [1.807, 2.05) is 24.3 Å². The van der Waals surface area contributed by atoms with Crippen molar-refractivity contribution in [3.63, 3.8) is 0 Å². The summed E-state index contributed by atoms with van der Waals surface area (Å²) in [5, 5.41) is 3.96. The van der Waals surface area contributed by atoms with Crippen LogP contribution in [0.3, 0.4) is 0 Å². The number of aryl methyl sites for hydroxylation is 1. The maximum atomic E-state index is 12.8. The van der Waals surface area contributed by atoms with Crippen molar-refractivity contribution in [2.75, 3.05) is 5.32 Å². The SMILES string of the molecule is CCc1ccccc1Nc1ccnc2cc(C(F)(F)F)ccc12. The largest absolute Gasteiger partial charge is 0.416 e. The Morgan fingerprint density at radius 2 is 1.78 bits per heavy atom. The highest BCUT2D eigenvalue weighted by Crippen LogP contribution is 2.33. The molecule has 0 radical (unpaired) electrons. The first-order valence-electron chi connectivity index (χ1n) is 7.30. The predicted molar refractivity (Wildman–Crippen MR) is 85.8 cm³/mol. The number of benzene rings is 2. The Balaban J connectivity index is 2.05. The van der Waals surface area contributed by atoms with Gasteiger partial charge in [0.2, 0.25) is 0 Å². The summed E-state index contributed by atoms with van der Waals surface area (Å²) in [5.74, 6) is 0. The summed E-state index contributed by atoms with van der Waals surface area (Å²) in [6.07, 6.45) is -1.99. The summed E-state index contributed by atoms with van der Waals surface area (Å²) in [6, 6.07) is 13.2. The third-order valence-electron chi connectivity index (χ3n) is 3.74. The van der Waals surface area contributed by atoms with E-state index in [2.05, 4.69) is 17.2 Å². The molecule has 1 heterocycles. The van der Waals surface area contributed by atoms with Crippen LogP contribution in [0.4, 0.5) is 24.5 Å². The number of aromatic nitrogens is 1. The normalized spacial score (nSPS) is 11.7.